The van der Waals surface area contributed by atoms with Crippen LogP contribution in [0.5, 0.6) is 0 Å². The minimum atomic E-state index is -0.448. The first-order valence-corrected chi connectivity index (χ1v) is 6.32. The lowest BCUT2D eigenvalue weighted by Crippen LogP contribution is -2.13. The fraction of sp³-hybridized carbons (Fsp3) is 0.0909. The quantitative estimate of drug-likeness (QED) is 0.489. The molecule has 19 heavy (non-hydrogen) atoms. The second-order valence-electron chi connectivity index (χ2n) is 3.78. The van der Waals surface area contributed by atoms with Gasteiger partial charge in [0.25, 0.3) is 11.2 Å². The first-order chi connectivity index (χ1) is 8.99. The molecular weight excluding hydrogens is 363 g/mol. The minimum absolute atomic E-state index is 0.0184. The van der Waals surface area contributed by atoms with Gasteiger partial charge in [0.05, 0.1) is 11.3 Å². The van der Waals surface area contributed by atoms with Gasteiger partial charge in [0.2, 0.25) is 0 Å². The Morgan fingerprint density at radius 2 is 2.21 bits per heavy atom. The molecule has 0 spiro atoms. The minimum Gasteiger partial charge on any atom is -0.339 e. The molecule has 2 aromatic rings. The predicted octanol–water partition coefficient (Wildman–Crippen LogP) is 2.33. The molecule has 1 aromatic carbocycles. The molecule has 0 aliphatic carbocycles. The number of aromatic nitrogens is 2. The maximum absolute atomic E-state index is 11.4. The summed E-state index contributed by atoms with van der Waals surface area (Å²) in [4.78, 5) is 28.2. The summed E-state index contributed by atoms with van der Waals surface area (Å²) in [7, 11) is 0. The van der Waals surface area contributed by atoms with Crippen molar-refractivity contribution < 1.29 is 4.92 Å². The average molecular weight is 372 g/mol. The summed E-state index contributed by atoms with van der Waals surface area (Å²) in [5.74, 6) is 0.363. The van der Waals surface area contributed by atoms with E-state index in [1.807, 2.05) is 22.6 Å². The SMILES string of the molecule is Cc1ccc(Nc2nc[nH]c(=O)c2I)cc1[N+](=O)[O-]. The molecule has 1 aromatic heterocycles. The van der Waals surface area contributed by atoms with Gasteiger partial charge in [-0.3, -0.25) is 14.9 Å². The van der Waals surface area contributed by atoms with Gasteiger partial charge in [-0.25, -0.2) is 4.98 Å². The Morgan fingerprint density at radius 1 is 1.47 bits per heavy atom. The van der Waals surface area contributed by atoms with Crippen LogP contribution < -0.4 is 10.9 Å². The number of nitro groups is 1. The number of hydrogen-bond donors (Lipinski definition) is 2. The van der Waals surface area contributed by atoms with Crippen molar-refractivity contribution in [3.05, 3.63) is 54.1 Å². The van der Waals surface area contributed by atoms with E-state index in [1.54, 1.807) is 19.1 Å². The number of rotatable bonds is 3. The molecule has 7 nitrogen and oxygen atoms in total. The third-order valence-corrected chi connectivity index (χ3v) is 3.47. The molecule has 0 saturated carbocycles. The Balaban J connectivity index is 2.39. The van der Waals surface area contributed by atoms with Gasteiger partial charge in [0, 0.05) is 17.3 Å². The van der Waals surface area contributed by atoms with Crippen LogP contribution in [0.15, 0.2) is 29.3 Å². The Bertz CT molecular complexity index is 699. The fourth-order valence-corrected chi connectivity index (χ4v) is 1.92. The number of aromatic amines is 1. The summed E-state index contributed by atoms with van der Waals surface area (Å²) in [5.41, 5.74) is 0.835. The van der Waals surface area contributed by atoms with Crippen LogP contribution in [0.3, 0.4) is 0 Å². The third-order valence-electron chi connectivity index (χ3n) is 2.47. The number of nitro benzene ring substituents is 1. The zero-order valence-electron chi connectivity index (χ0n) is 9.81. The summed E-state index contributed by atoms with van der Waals surface area (Å²) in [6, 6.07) is 4.75. The third kappa shape index (κ3) is 2.89. The summed E-state index contributed by atoms with van der Waals surface area (Å²) in [6.07, 6.45) is 1.27. The van der Waals surface area contributed by atoms with Crippen molar-refractivity contribution in [3.63, 3.8) is 0 Å². The van der Waals surface area contributed by atoms with E-state index >= 15 is 0 Å². The van der Waals surface area contributed by atoms with Crippen molar-refractivity contribution in [3.8, 4) is 0 Å². The van der Waals surface area contributed by atoms with Gasteiger partial charge in [-0.15, -0.1) is 0 Å². The maximum atomic E-state index is 11.4. The molecular formula is C11H9IN4O3. The lowest BCUT2D eigenvalue weighted by molar-refractivity contribution is -0.385. The van der Waals surface area contributed by atoms with E-state index in [2.05, 4.69) is 15.3 Å². The first kappa shape index (κ1) is 13.5. The molecule has 8 heteroatoms. The van der Waals surface area contributed by atoms with Crippen LogP contribution >= 0.6 is 22.6 Å². The normalized spacial score (nSPS) is 10.2. The lowest BCUT2D eigenvalue weighted by Gasteiger charge is -2.07. The molecule has 0 atom stereocenters. The highest BCUT2D eigenvalue weighted by molar-refractivity contribution is 14.1. The Hall–Kier alpha value is -1.97. The molecule has 2 rings (SSSR count). The molecule has 0 bridgehead atoms. The van der Waals surface area contributed by atoms with Crippen LogP contribution in [0.1, 0.15) is 5.56 Å². The van der Waals surface area contributed by atoms with Crippen LogP contribution in [0.2, 0.25) is 0 Å². The monoisotopic (exact) mass is 372 g/mol. The number of nitrogens with one attached hydrogen (secondary N) is 2. The molecule has 2 N–H and O–H groups in total. The largest absolute Gasteiger partial charge is 0.339 e. The van der Waals surface area contributed by atoms with Crippen molar-refractivity contribution in [1.29, 1.82) is 0 Å². The van der Waals surface area contributed by atoms with Crippen LogP contribution in [0, 0.1) is 20.6 Å². The van der Waals surface area contributed by atoms with Crippen molar-refractivity contribution in [2.45, 2.75) is 6.92 Å². The van der Waals surface area contributed by atoms with Crippen LogP contribution in [-0.2, 0) is 0 Å². The molecule has 0 radical (unpaired) electrons. The summed E-state index contributed by atoms with van der Waals surface area (Å²) < 4.78 is 0.392. The summed E-state index contributed by atoms with van der Waals surface area (Å²) in [6.45, 7) is 1.66. The number of anilines is 2. The topological polar surface area (TPSA) is 101 Å². The zero-order chi connectivity index (χ0) is 14.0. The van der Waals surface area contributed by atoms with Crippen molar-refractivity contribution in [2.75, 3.05) is 5.32 Å². The van der Waals surface area contributed by atoms with Crippen LogP contribution in [0.25, 0.3) is 0 Å². The van der Waals surface area contributed by atoms with E-state index in [1.165, 1.54) is 12.4 Å². The second kappa shape index (κ2) is 5.34. The summed E-state index contributed by atoms with van der Waals surface area (Å²) >= 11 is 1.86. The highest BCUT2D eigenvalue weighted by Gasteiger charge is 2.12. The van der Waals surface area contributed by atoms with Gasteiger partial charge in [-0.1, -0.05) is 6.07 Å². The van der Waals surface area contributed by atoms with Crippen molar-refractivity contribution in [2.24, 2.45) is 0 Å². The molecule has 0 saturated heterocycles. The Morgan fingerprint density at radius 3 is 2.89 bits per heavy atom. The van der Waals surface area contributed by atoms with Gasteiger partial charge in [0.1, 0.15) is 3.57 Å². The van der Waals surface area contributed by atoms with Gasteiger partial charge in [-0.05, 0) is 35.6 Å². The standard InChI is InChI=1S/C11H9IN4O3/c1-6-2-3-7(4-8(6)16(18)19)15-10-9(12)11(17)14-5-13-10/h2-5H,1H3,(H2,13,14,15,17). The molecule has 0 fully saturated rings. The van der Waals surface area contributed by atoms with Crippen molar-refractivity contribution in [1.82, 2.24) is 9.97 Å². The summed E-state index contributed by atoms with van der Waals surface area (Å²) in [5, 5.41) is 13.7. The first-order valence-electron chi connectivity index (χ1n) is 5.24. The second-order valence-corrected chi connectivity index (χ2v) is 4.86. The number of H-pyrrole nitrogens is 1. The lowest BCUT2D eigenvalue weighted by atomic mass is 10.2. The number of benzene rings is 1. The predicted molar refractivity (Wildman–Crippen MR) is 78.7 cm³/mol. The maximum Gasteiger partial charge on any atom is 0.274 e. The van der Waals surface area contributed by atoms with Gasteiger partial charge in [0.15, 0.2) is 5.82 Å². The molecule has 0 aliphatic rings. The average Bonchev–Trinajstić information content (AvgIpc) is 2.37. The Labute approximate surface area is 121 Å². The van der Waals surface area contributed by atoms with E-state index in [4.69, 9.17) is 0 Å². The zero-order valence-corrected chi connectivity index (χ0v) is 12.0. The number of hydrogen-bond acceptors (Lipinski definition) is 5. The Kier molecular flexibility index (Phi) is 3.79. The number of nitrogens with zero attached hydrogens (tertiary/aromatic N) is 2. The van der Waals surface area contributed by atoms with Gasteiger partial charge < -0.3 is 10.3 Å². The highest BCUT2D eigenvalue weighted by Crippen LogP contribution is 2.24. The van der Waals surface area contributed by atoms with E-state index < -0.39 is 4.92 Å². The highest BCUT2D eigenvalue weighted by atomic mass is 127. The van der Waals surface area contributed by atoms with E-state index in [9.17, 15) is 14.9 Å². The van der Waals surface area contributed by atoms with Crippen LogP contribution in [0.4, 0.5) is 17.2 Å². The number of halogens is 1. The number of aryl methyl sites for hydroxylation is 1. The van der Waals surface area contributed by atoms with Crippen LogP contribution in [-0.4, -0.2) is 14.9 Å². The molecule has 0 unspecified atom stereocenters. The molecule has 98 valence electrons. The molecule has 0 amide bonds. The van der Waals surface area contributed by atoms with Gasteiger partial charge in [-0.2, -0.15) is 0 Å². The molecule has 1 heterocycles. The fourth-order valence-electron chi connectivity index (χ4n) is 1.49. The van der Waals surface area contributed by atoms with Gasteiger partial charge >= 0.3 is 0 Å². The smallest absolute Gasteiger partial charge is 0.274 e. The molecule has 0 aliphatic heterocycles. The van der Waals surface area contributed by atoms with Crippen molar-refractivity contribution >= 4 is 39.8 Å². The van der Waals surface area contributed by atoms with E-state index in [0.29, 0.717) is 20.6 Å². The van der Waals surface area contributed by atoms with E-state index in [0.717, 1.165) is 0 Å². The van der Waals surface area contributed by atoms with E-state index in [-0.39, 0.29) is 11.2 Å².